The van der Waals surface area contributed by atoms with Crippen LogP contribution in [0.4, 0.5) is 5.69 Å². The average molecular weight is 699 g/mol. The number of carbonyl (C=O) groups is 1. The Morgan fingerprint density at radius 1 is 1.00 bits per heavy atom. The van der Waals surface area contributed by atoms with Gasteiger partial charge in [0.15, 0.2) is 11.5 Å². The third-order valence-electron chi connectivity index (χ3n) is 5.92. The van der Waals surface area contributed by atoms with Gasteiger partial charge in [0.25, 0.3) is 5.91 Å². The fourth-order valence-electron chi connectivity index (χ4n) is 3.87. The molecule has 208 valence electrons. The number of ether oxygens (including phenoxy) is 3. The number of aryl methyl sites for hydroxylation is 1. The molecule has 0 heterocycles. The van der Waals surface area contributed by atoms with Crippen molar-refractivity contribution in [1.82, 2.24) is 0 Å². The van der Waals surface area contributed by atoms with Crippen molar-refractivity contribution >= 4 is 63.5 Å². The predicted molar refractivity (Wildman–Crippen MR) is 171 cm³/mol. The number of hydrogen-bond acceptors (Lipinski definition) is 5. The fraction of sp³-hybridized carbons (Fsp3) is 0.125. The zero-order chi connectivity index (χ0) is 29.4. The first-order chi connectivity index (χ1) is 19.7. The van der Waals surface area contributed by atoms with Gasteiger partial charge in [0.2, 0.25) is 0 Å². The van der Waals surface area contributed by atoms with Crippen molar-refractivity contribution in [3.05, 3.63) is 120 Å². The van der Waals surface area contributed by atoms with E-state index in [4.69, 9.17) is 37.4 Å². The summed E-state index contributed by atoms with van der Waals surface area (Å²) in [5.41, 5.74) is 4.08. The lowest BCUT2D eigenvalue weighted by Gasteiger charge is -2.14. The van der Waals surface area contributed by atoms with Crippen LogP contribution in [0.15, 0.2) is 84.4 Å². The number of hydrogen-bond donors (Lipinski definition) is 1. The smallest absolute Gasteiger partial charge is 0.266 e. The van der Waals surface area contributed by atoms with E-state index in [0.717, 1.165) is 20.3 Å². The van der Waals surface area contributed by atoms with Crippen molar-refractivity contribution < 1.29 is 19.0 Å². The topological polar surface area (TPSA) is 80.6 Å². The molecule has 1 N–H and O–H groups in total. The highest BCUT2D eigenvalue weighted by molar-refractivity contribution is 14.1. The van der Waals surface area contributed by atoms with Crippen LogP contribution in [0.3, 0.4) is 0 Å². The van der Waals surface area contributed by atoms with E-state index in [1.165, 1.54) is 6.08 Å². The van der Waals surface area contributed by atoms with Crippen molar-refractivity contribution in [3.63, 3.8) is 0 Å². The number of methoxy groups -OCH3 is 1. The average Bonchev–Trinajstić information content (AvgIpc) is 2.95. The van der Waals surface area contributed by atoms with E-state index in [9.17, 15) is 10.1 Å². The standard InChI is InChI=1S/C32H25Cl2IN2O4/c1-20-4-3-5-21(12-20)18-41-31-29(35)14-22(15-30(31)39-2)13-24(17-36)32(38)37-26-8-10-27(11-9-26)40-19-23-6-7-25(33)16-28(23)34/h3-16H,18-19H2,1-2H3,(H,37,38)/b24-13+. The number of anilines is 1. The molecule has 0 radical (unpaired) electrons. The van der Waals surface area contributed by atoms with Crippen LogP contribution in [0.1, 0.15) is 22.3 Å². The molecule has 41 heavy (non-hydrogen) atoms. The van der Waals surface area contributed by atoms with Crippen molar-refractivity contribution in [2.24, 2.45) is 0 Å². The second kappa shape index (κ2) is 14.3. The van der Waals surface area contributed by atoms with Gasteiger partial charge < -0.3 is 19.5 Å². The minimum absolute atomic E-state index is 0.0611. The summed E-state index contributed by atoms with van der Waals surface area (Å²) in [4.78, 5) is 12.9. The third-order valence-corrected chi connectivity index (χ3v) is 7.30. The van der Waals surface area contributed by atoms with Crippen LogP contribution in [0.5, 0.6) is 17.2 Å². The molecule has 4 aromatic carbocycles. The Labute approximate surface area is 262 Å². The molecule has 0 atom stereocenters. The maximum Gasteiger partial charge on any atom is 0.266 e. The number of nitrogens with one attached hydrogen (secondary N) is 1. The maximum atomic E-state index is 12.9. The SMILES string of the molecule is COc1cc(/C=C(\C#N)C(=O)Nc2ccc(OCc3ccc(Cl)cc3Cl)cc2)cc(I)c1OCc1cccc(C)c1. The molecular formula is C32H25Cl2IN2O4. The monoisotopic (exact) mass is 698 g/mol. The van der Waals surface area contributed by atoms with Crippen molar-refractivity contribution in [3.8, 4) is 23.3 Å². The van der Waals surface area contributed by atoms with Crippen LogP contribution in [-0.2, 0) is 18.0 Å². The Morgan fingerprint density at radius 3 is 2.46 bits per heavy atom. The number of nitriles is 1. The van der Waals surface area contributed by atoms with Gasteiger partial charge in [0.05, 0.1) is 10.7 Å². The molecule has 0 aliphatic rings. The van der Waals surface area contributed by atoms with Crippen molar-refractivity contribution in [2.45, 2.75) is 20.1 Å². The van der Waals surface area contributed by atoms with E-state index in [1.807, 2.05) is 37.3 Å². The molecule has 1 amide bonds. The van der Waals surface area contributed by atoms with Gasteiger partial charge in [-0.1, -0.05) is 59.1 Å². The van der Waals surface area contributed by atoms with Gasteiger partial charge in [-0.25, -0.2) is 0 Å². The van der Waals surface area contributed by atoms with Crippen LogP contribution in [0.2, 0.25) is 10.0 Å². The van der Waals surface area contributed by atoms with Crippen LogP contribution in [0, 0.1) is 21.8 Å². The zero-order valence-electron chi connectivity index (χ0n) is 22.2. The first-order valence-electron chi connectivity index (χ1n) is 12.4. The Bertz CT molecular complexity index is 1630. The molecule has 4 rings (SSSR count). The van der Waals surface area contributed by atoms with Crippen molar-refractivity contribution in [1.29, 1.82) is 5.26 Å². The summed E-state index contributed by atoms with van der Waals surface area (Å²) in [6.07, 6.45) is 1.51. The van der Waals surface area contributed by atoms with Crippen molar-refractivity contribution in [2.75, 3.05) is 12.4 Å². The number of benzene rings is 4. The summed E-state index contributed by atoms with van der Waals surface area (Å²) >= 11 is 14.3. The minimum Gasteiger partial charge on any atom is -0.493 e. The summed E-state index contributed by atoms with van der Waals surface area (Å²) in [5.74, 6) is 1.15. The highest BCUT2D eigenvalue weighted by Gasteiger charge is 2.15. The molecular weight excluding hydrogens is 674 g/mol. The Hall–Kier alpha value is -3.71. The molecule has 0 bridgehead atoms. The molecule has 0 spiro atoms. The third kappa shape index (κ3) is 8.40. The van der Waals surface area contributed by atoms with Gasteiger partial charge in [-0.3, -0.25) is 4.79 Å². The minimum atomic E-state index is -0.539. The summed E-state index contributed by atoms with van der Waals surface area (Å²) < 4.78 is 18.2. The fourth-order valence-corrected chi connectivity index (χ4v) is 5.11. The van der Waals surface area contributed by atoms with Gasteiger partial charge >= 0.3 is 0 Å². The lowest BCUT2D eigenvalue weighted by atomic mass is 10.1. The quantitative estimate of drug-likeness (QED) is 0.102. The summed E-state index contributed by atoms with van der Waals surface area (Å²) in [7, 11) is 1.55. The van der Waals surface area contributed by atoms with Crippen LogP contribution in [0.25, 0.3) is 6.08 Å². The van der Waals surface area contributed by atoms with Crippen LogP contribution in [-0.4, -0.2) is 13.0 Å². The molecule has 6 nitrogen and oxygen atoms in total. The highest BCUT2D eigenvalue weighted by Crippen LogP contribution is 2.35. The lowest BCUT2D eigenvalue weighted by molar-refractivity contribution is -0.112. The largest absolute Gasteiger partial charge is 0.493 e. The molecule has 0 aliphatic carbocycles. The number of nitrogens with zero attached hydrogens (tertiary/aromatic N) is 1. The maximum absolute atomic E-state index is 12.9. The first kappa shape index (κ1) is 30.3. The number of rotatable bonds is 10. The normalized spacial score (nSPS) is 11.0. The second-order valence-corrected chi connectivity index (χ2v) is 11.0. The first-order valence-corrected chi connectivity index (χ1v) is 14.2. The Morgan fingerprint density at radius 2 is 1.78 bits per heavy atom. The lowest BCUT2D eigenvalue weighted by Crippen LogP contribution is -2.13. The van der Waals surface area contributed by atoms with E-state index in [1.54, 1.807) is 55.6 Å². The molecule has 0 aromatic heterocycles. The number of carbonyl (C=O) groups excluding carboxylic acids is 1. The Balaban J connectivity index is 1.42. The summed E-state index contributed by atoms with van der Waals surface area (Å²) in [5, 5.41) is 13.5. The Kier molecular flexibility index (Phi) is 10.5. The van der Waals surface area contributed by atoms with Gasteiger partial charge in [-0.05, 0) is 95.2 Å². The molecule has 4 aromatic rings. The van der Waals surface area contributed by atoms with Crippen LogP contribution < -0.4 is 19.5 Å². The molecule has 0 aliphatic heterocycles. The summed E-state index contributed by atoms with van der Waals surface area (Å²) in [6, 6.07) is 25.7. The van der Waals surface area contributed by atoms with E-state index < -0.39 is 5.91 Å². The van der Waals surface area contributed by atoms with Gasteiger partial charge in [0.1, 0.15) is 30.6 Å². The van der Waals surface area contributed by atoms with Crippen LogP contribution >= 0.6 is 45.8 Å². The number of halogens is 3. The highest BCUT2D eigenvalue weighted by atomic mass is 127. The molecule has 0 fully saturated rings. The zero-order valence-corrected chi connectivity index (χ0v) is 25.9. The molecule has 0 saturated heterocycles. The van der Waals surface area contributed by atoms with E-state index in [0.29, 0.717) is 45.2 Å². The molecule has 0 saturated carbocycles. The van der Waals surface area contributed by atoms with E-state index in [2.05, 4.69) is 34.0 Å². The van der Waals surface area contributed by atoms with E-state index >= 15 is 0 Å². The second-order valence-electron chi connectivity index (χ2n) is 8.98. The number of amides is 1. The predicted octanol–water partition coefficient (Wildman–Crippen LogP) is 8.62. The summed E-state index contributed by atoms with van der Waals surface area (Å²) in [6.45, 7) is 2.68. The van der Waals surface area contributed by atoms with Gasteiger partial charge in [-0.15, -0.1) is 0 Å². The molecule has 9 heteroatoms. The molecule has 0 unspecified atom stereocenters. The van der Waals surface area contributed by atoms with Gasteiger partial charge in [0, 0.05) is 21.3 Å². The van der Waals surface area contributed by atoms with E-state index in [-0.39, 0.29) is 12.2 Å². The van der Waals surface area contributed by atoms with Gasteiger partial charge in [-0.2, -0.15) is 5.26 Å².